The van der Waals surface area contributed by atoms with E-state index in [1.807, 2.05) is 42.2 Å². The molecule has 0 aromatic heterocycles. The standard InChI is InChI=1S/C28H40N4O4/c1-22-25(28(35)31-12-7-2-3-8-13-31)19-24(27(34)32(22)21-23-9-5-4-6-10-23)20-26(33)29-11-14-30-15-17-36-18-16-30/h4-6,9-10,24H,2-3,7-8,11-21H2,1H3,(H,29,33). The van der Waals surface area contributed by atoms with Crippen LogP contribution in [0.25, 0.3) is 0 Å². The summed E-state index contributed by atoms with van der Waals surface area (Å²) in [7, 11) is 0. The number of allylic oxidation sites excluding steroid dienone is 1. The Hall–Kier alpha value is -2.71. The van der Waals surface area contributed by atoms with E-state index < -0.39 is 5.92 Å². The highest BCUT2D eigenvalue weighted by atomic mass is 16.5. The first-order valence-electron chi connectivity index (χ1n) is 13.4. The number of ether oxygens (including phenoxy) is 1. The minimum Gasteiger partial charge on any atom is -0.379 e. The second kappa shape index (κ2) is 13.0. The van der Waals surface area contributed by atoms with E-state index in [9.17, 15) is 14.4 Å². The maximum absolute atomic E-state index is 13.6. The van der Waals surface area contributed by atoms with Gasteiger partial charge in [-0.05, 0) is 31.7 Å². The molecule has 4 rings (SSSR count). The van der Waals surface area contributed by atoms with E-state index in [0.29, 0.717) is 25.1 Å². The molecule has 1 aromatic carbocycles. The summed E-state index contributed by atoms with van der Waals surface area (Å²) >= 11 is 0. The second-order valence-corrected chi connectivity index (χ2v) is 10.1. The Morgan fingerprint density at radius 3 is 2.39 bits per heavy atom. The summed E-state index contributed by atoms with van der Waals surface area (Å²) in [5.74, 6) is -0.723. The van der Waals surface area contributed by atoms with E-state index in [0.717, 1.165) is 82.9 Å². The molecule has 0 spiro atoms. The lowest BCUT2D eigenvalue weighted by atomic mass is 9.88. The summed E-state index contributed by atoms with van der Waals surface area (Å²) in [6.45, 7) is 8.30. The molecule has 3 amide bonds. The van der Waals surface area contributed by atoms with Gasteiger partial charge in [-0.1, -0.05) is 43.2 Å². The largest absolute Gasteiger partial charge is 0.379 e. The van der Waals surface area contributed by atoms with Gasteiger partial charge in [0.05, 0.1) is 25.7 Å². The Bertz CT molecular complexity index is 934. The van der Waals surface area contributed by atoms with Crippen LogP contribution in [0.3, 0.4) is 0 Å². The van der Waals surface area contributed by atoms with E-state index in [1.165, 1.54) is 0 Å². The Morgan fingerprint density at radius 2 is 1.69 bits per heavy atom. The molecule has 2 saturated heterocycles. The molecular formula is C28H40N4O4. The first-order chi connectivity index (χ1) is 17.5. The summed E-state index contributed by atoms with van der Waals surface area (Å²) in [4.78, 5) is 45.9. The van der Waals surface area contributed by atoms with E-state index in [4.69, 9.17) is 4.74 Å². The van der Waals surface area contributed by atoms with Crippen molar-refractivity contribution in [1.29, 1.82) is 0 Å². The molecule has 8 nitrogen and oxygen atoms in total. The van der Waals surface area contributed by atoms with Crippen LogP contribution in [0.2, 0.25) is 0 Å². The van der Waals surface area contributed by atoms with Gasteiger partial charge in [0.1, 0.15) is 0 Å². The van der Waals surface area contributed by atoms with Crippen molar-refractivity contribution in [3.05, 3.63) is 47.2 Å². The zero-order chi connectivity index (χ0) is 25.3. The van der Waals surface area contributed by atoms with Crippen molar-refractivity contribution < 1.29 is 19.1 Å². The summed E-state index contributed by atoms with van der Waals surface area (Å²) in [5, 5.41) is 2.99. The molecule has 3 heterocycles. The van der Waals surface area contributed by atoms with Crippen molar-refractivity contribution in [3.8, 4) is 0 Å². The number of benzene rings is 1. The number of nitrogens with zero attached hydrogens (tertiary/aromatic N) is 3. The first-order valence-corrected chi connectivity index (χ1v) is 13.4. The molecule has 1 aromatic rings. The molecule has 0 radical (unpaired) electrons. The molecule has 1 N–H and O–H groups in total. The zero-order valence-electron chi connectivity index (χ0n) is 21.5. The lowest BCUT2D eigenvalue weighted by Crippen LogP contribution is -2.45. The van der Waals surface area contributed by atoms with Crippen molar-refractivity contribution in [3.63, 3.8) is 0 Å². The second-order valence-electron chi connectivity index (χ2n) is 10.1. The Kier molecular flexibility index (Phi) is 9.53. The number of nitrogens with one attached hydrogen (secondary N) is 1. The number of amides is 3. The van der Waals surface area contributed by atoms with Gasteiger partial charge < -0.3 is 19.9 Å². The fourth-order valence-corrected chi connectivity index (χ4v) is 5.33. The van der Waals surface area contributed by atoms with Crippen molar-refractivity contribution in [1.82, 2.24) is 20.0 Å². The smallest absolute Gasteiger partial charge is 0.251 e. The molecule has 0 aliphatic carbocycles. The summed E-state index contributed by atoms with van der Waals surface area (Å²) < 4.78 is 5.37. The van der Waals surface area contributed by atoms with Gasteiger partial charge in [0.25, 0.3) is 5.91 Å². The molecule has 0 bridgehead atoms. The third-order valence-corrected chi connectivity index (χ3v) is 7.53. The molecule has 0 saturated carbocycles. The van der Waals surface area contributed by atoms with Crippen LogP contribution in [0.5, 0.6) is 0 Å². The quantitative estimate of drug-likeness (QED) is 0.598. The van der Waals surface area contributed by atoms with Crippen LogP contribution in [0.1, 0.15) is 51.0 Å². The van der Waals surface area contributed by atoms with Crippen molar-refractivity contribution in [2.75, 3.05) is 52.5 Å². The molecular weight excluding hydrogens is 456 g/mol. The molecule has 1 unspecified atom stereocenters. The van der Waals surface area contributed by atoms with Gasteiger partial charge >= 0.3 is 0 Å². The number of hydrogen-bond donors (Lipinski definition) is 1. The minimum absolute atomic E-state index is 0.0256. The number of carbonyl (C=O) groups is 3. The maximum Gasteiger partial charge on any atom is 0.251 e. The highest BCUT2D eigenvalue weighted by Crippen LogP contribution is 2.32. The molecule has 8 heteroatoms. The fourth-order valence-electron chi connectivity index (χ4n) is 5.33. The van der Waals surface area contributed by atoms with Crippen molar-refractivity contribution in [2.24, 2.45) is 5.92 Å². The normalized spacial score (nSPS) is 21.9. The van der Waals surface area contributed by atoms with Crippen LogP contribution >= 0.6 is 0 Å². The third kappa shape index (κ3) is 6.95. The van der Waals surface area contributed by atoms with Crippen LogP contribution in [-0.4, -0.2) is 84.9 Å². The molecule has 3 aliphatic rings. The molecule has 3 aliphatic heterocycles. The Morgan fingerprint density at radius 1 is 1.00 bits per heavy atom. The van der Waals surface area contributed by atoms with Crippen LogP contribution < -0.4 is 5.32 Å². The average Bonchev–Trinajstić information content (AvgIpc) is 3.19. The maximum atomic E-state index is 13.6. The van der Waals surface area contributed by atoms with E-state index in [1.54, 1.807) is 4.90 Å². The Labute approximate surface area is 214 Å². The number of rotatable bonds is 8. The molecule has 1 atom stereocenters. The number of morpholine rings is 1. The van der Waals surface area contributed by atoms with Gasteiger partial charge in [0, 0.05) is 57.0 Å². The fraction of sp³-hybridized carbons (Fsp3) is 0.607. The van der Waals surface area contributed by atoms with Crippen LogP contribution in [0.15, 0.2) is 41.6 Å². The van der Waals surface area contributed by atoms with Gasteiger partial charge in [0.15, 0.2) is 0 Å². The molecule has 196 valence electrons. The predicted octanol–water partition coefficient (Wildman–Crippen LogP) is 2.55. The van der Waals surface area contributed by atoms with Gasteiger partial charge in [-0.25, -0.2) is 0 Å². The monoisotopic (exact) mass is 496 g/mol. The topological polar surface area (TPSA) is 82.2 Å². The highest BCUT2D eigenvalue weighted by molar-refractivity contribution is 5.98. The van der Waals surface area contributed by atoms with Gasteiger partial charge in [-0.15, -0.1) is 0 Å². The van der Waals surface area contributed by atoms with Crippen LogP contribution in [-0.2, 0) is 25.7 Å². The lowest BCUT2D eigenvalue weighted by molar-refractivity contribution is -0.139. The van der Waals surface area contributed by atoms with Gasteiger partial charge in [-0.2, -0.15) is 0 Å². The summed E-state index contributed by atoms with van der Waals surface area (Å²) in [5.41, 5.74) is 2.41. The average molecular weight is 497 g/mol. The van der Waals surface area contributed by atoms with Gasteiger partial charge in [-0.3, -0.25) is 19.3 Å². The molecule has 2 fully saturated rings. The number of likely N-dealkylation sites (tertiary alicyclic amines) is 1. The summed E-state index contributed by atoms with van der Waals surface area (Å²) in [6, 6.07) is 9.82. The Balaban J connectivity index is 1.45. The zero-order valence-corrected chi connectivity index (χ0v) is 21.5. The number of hydrogen-bond acceptors (Lipinski definition) is 5. The first kappa shape index (κ1) is 26.4. The summed E-state index contributed by atoms with van der Waals surface area (Å²) in [6.07, 6.45) is 4.74. The van der Waals surface area contributed by atoms with Crippen molar-refractivity contribution >= 4 is 17.7 Å². The van der Waals surface area contributed by atoms with E-state index >= 15 is 0 Å². The third-order valence-electron chi connectivity index (χ3n) is 7.53. The minimum atomic E-state index is -0.535. The van der Waals surface area contributed by atoms with E-state index in [2.05, 4.69) is 10.2 Å². The van der Waals surface area contributed by atoms with Crippen LogP contribution in [0, 0.1) is 5.92 Å². The molecule has 36 heavy (non-hydrogen) atoms. The lowest BCUT2D eigenvalue weighted by Gasteiger charge is -2.36. The van der Waals surface area contributed by atoms with Crippen LogP contribution in [0.4, 0.5) is 0 Å². The van der Waals surface area contributed by atoms with Crippen molar-refractivity contribution in [2.45, 2.75) is 52.0 Å². The SMILES string of the molecule is CC1=C(C(=O)N2CCCCCC2)CC(CC(=O)NCCN2CCOCC2)C(=O)N1Cc1ccccc1. The highest BCUT2D eigenvalue weighted by Gasteiger charge is 2.37. The van der Waals surface area contributed by atoms with Gasteiger partial charge in [0.2, 0.25) is 11.8 Å². The van der Waals surface area contributed by atoms with E-state index in [-0.39, 0.29) is 24.1 Å². The predicted molar refractivity (Wildman–Crippen MR) is 138 cm³/mol. The number of carbonyl (C=O) groups excluding carboxylic acids is 3.